The summed E-state index contributed by atoms with van der Waals surface area (Å²) in [5.74, 6) is -0.460. The Balaban J connectivity index is 0.000000878. The standard InChI is InChI=1S/C18H16N4O3.CH2O2/c1-25-18(24)14-7-8-16(19-9-14)21-17(23)15-10-20-22(12-15)11-13-5-3-2-4-6-13;2-1-3/h2-10,12H,11H2,1H3,(H,19,21,23);1H,(H,2,3). The Morgan fingerprint density at radius 1 is 1.14 bits per heavy atom. The molecule has 28 heavy (non-hydrogen) atoms. The van der Waals surface area contributed by atoms with Crippen LogP contribution < -0.4 is 5.32 Å². The molecule has 2 aromatic heterocycles. The van der Waals surface area contributed by atoms with E-state index in [0.717, 1.165) is 5.56 Å². The van der Waals surface area contributed by atoms with Crippen molar-refractivity contribution >= 4 is 24.2 Å². The molecule has 0 aliphatic rings. The average Bonchev–Trinajstić information content (AvgIpc) is 3.18. The Morgan fingerprint density at radius 3 is 2.46 bits per heavy atom. The molecule has 0 radical (unpaired) electrons. The van der Waals surface area contributed by atoms with E-state index in [0.29, 0.717) is 23.5 Å². The zero-order chi connectivity index (χ0) is 20.4. The van der Waals surface area contributed by atoms with Gasteiger partial charge in [0, 0.05) is 12.4 Å². The number of hydrogen-bond acceptors (Lipinski definition) is 6. The van der Waals surface area contributed by atoms with Gasteiger partial charge in [-0.2, -0.15) is 5.10 Å². The molecule has 0 atom stereocenters. The molecule has 2 N–H and O–H groups in total. The van der Waals surface area contributed by atoms with Crippen LogP contribution in [0.3, 0.4) is 0 Å². The fourth-order valence-electron chi connectivity index (χ4n) is 2.23. The second kappa shape index (κ2) is 10.2. The summed E-state index contributed by atoms with van der Waals surface area (Å²) in [6.45, 7) is 0.334. The molecule has 0 bridgehead atoms. The number of nitrogens with zero attached hydrogens (tertiary/aromatic N) is 3. The number of carbonyl (C=O) groups excluding carboxylic acids is 2. The zero-order valence-electron chi connectivity index (χ0n) is 15.0. The minimum atomic E-state index is -0.479. The summed E-state index contributed by atoms with van der Waals surface area (Å²) in [4.78, 5) is 36.0. The fraction of sp³-hybridized carbons (Fsp3) is 0.105. The molecule has 0 saturated carbocycles. The topological polar surface area (TPSA) is 123 Å². The fourth-order valence-corrected chi connectivity index (χ4v) is 2.23. The van der Waals surface area contributed by atoms with Gasteiger partial charge in [-0.3, -0.25) is 14.3 Å². The first kappa shape index (κ1) is 20.3. The van der Waals surface area contributed by atoms with Crippen LogP contribution in [0.1, 0.15) is 26.3 Å². The lowest BCUT2D eigenvalue weighted by Crippen LogP contribution is -2.13. The Kier molecular flexibility index (Phi) is 7.41. The Hall–Kier alpha value is -4.01. The van der Waals surface area contributed by atoms with Crippen molar-refractivity contribution in [1.82, 2.24) is 14.8 Å². The number of amides is 1. The van der Waals surface area contributed by atoms with Gasteiger partial charge in [0.2, 0.25) is 0 Å². The van der Waals surface area contributed by atoms with Gasteiger partial charge in [-0.25, -0.2) is 9.78 Å². The van der Waals surface area contributed by atoms with Gasteiger partial charge in [0.25, 0.3) is 12.4 Å². The molecule has 1 aromatic carbocycles. The molecule has 9 heteroatoms. The van der Waals surface area contributed by atoms with Crippen LogP contribution in [0.2, 0.25) is 0 Å². The highest BCUT2D eigenvalue weighted by molar-refractivity contribution is 6.03. The molecule has 9 nitrogen and oxygen atoms in total. The lowest BCUT2D eigenvalue weighted by atomic mass is 10.2. The van der Waals surface area contributed by atoms with Crippen LogP contribution in [0, 0.1) is 0 Å². The summed E-state index contributed by atoms with van der Waals surface area (Å²) in [5, 5.41) is 13.7. The van der Waals surface area contributed by atoms with Crippen molar-refractivity contribution in [2.45, 2.75) is 6.54 Å². The largest absolute Gasteiger partial charge is 0.483 e. The maximum Gasteiger partial charge on any atom is 0.339 e. The molecule has 0 spiro atoms. The number of benzene rings is 1. The van der Waals surface area contributed by atoms with Gasteiger partial charge < -0.3 is 15.2 Å². The van der Waals surface area contributed by atoms with E-state index < -0.39 is 5.97 Å². The summed E-state index contributed by atoms with van der Waals surface area (Å²) in [5.41, 5.74) is 1.84. The molecule has 0 saturated heterocycles. The number of aromatic nitrogens is 3. The van der Waals surface area contributed by atoms with Gasteiger partial charge in [-0.1, -0.05) is 30.3 Å². The van der Waals surface area contributed by atoms with Crippen LogP contribution in [0.25, 0.3) is 0 Å². The third-order valence-electron chi connectivity index (χ3n) is 3.51. The number of pyridine rings is 1. The number of carbonyl (C=O) groups is 3. The molecule has 1 amide bonds. The quantitative estimate of drug-likeness (QED) is 0.511. The van der Waals surface area contributed by atoms with E-state index in [1.54, 1.807) is 16.9 Å². The van der Waals surface area contributed by atoms with Crippen molar-refractivity contribution < 1.29 is 24.2 Å². The first-order valence-electron chi connectivity index (χ1n) is 8.07. The second-order valence-electron chi connectivity index (χ2n) is 5.40. The third kappa shape index (κ3) is 5.77. The highest BCUT2D eigenvalue weighted by Gasteiger charge is 2.11. The highest BCUT2D eigenvalue weighted by atomic mass is 16.5. The molecule has 144 valence electrons. The summed E-state index contributed by atoms with van der Waals surface area (Å²) in [6, 6.07) is 12.9. The predicted octanol–water partition coefficient (Wildman–Crippen LogP) is 2.07. The smallest absolute Gasteiger partial charge is 0.339 e. The molecule has 0 aliphatic heterocycles. The van der Waals surface area contributed by atoms with Gasteiger partial charge in [0.15, 0.2) is 0 Å². The molecular formula is C19H18N4O5. The Morgan fingerprint density at radius 2 is 1.86 bits per heavy atom. The third-order valence-corrected chi connectivity index (χ3v) is 3.51. The molecular weight excluding hydrogens is 364 g/mol. The number of anilines is 1. The highest BCUT2D eigenvalue weighted by Crippen LogP contribution is 2.09. The van der Waals surface area contributed by atoms with Gasteiger partial charge in [-0.15, -0.1) is 0 Å². The maximum absolute atomic E-state index is 12.3. The van der Waals surface area contributed by atoms with Crippen molar-refractivity contribution in [2.24, 2.45) is 0 Å². The Bertz CT molecular complexity index is 923. The van der Waals surface area contributed by atoms with Crippen molar-refractivity contribution in [1.29, 1.82) is 0 Å². The first-order valence-corrected chi connectivity index (χ1v) is 8.07. The van der Waals surface area contributed by atoms with E-state index in [4.69, 9.17) is 9.90 Å². The van der Waals surface area contributed by atoms with Crippen molar-refractivity contribution in [2.75, 3.05) is 12.4 Å². The summed E-state index contributed by atoms with van der Waals surface area (Å²) < 4.78 is 6.29. The summed E-state index contributed by atoms with van der Waals surface area (Å²) in [6.07, 6.45) is 4.52. The molecule has 3 aromatic rings. The monoisotopic (exact) mass is 382 g/mol. The number of methoxy groups -OCH3 is 1. The van der Waals surface area contributed by atoms with Crippen LogP contribution >= 0.6 is 0 Å². The molecule has 2 heterocycles. The van der Waals surface area contributed by atoms with Crippen LogP contribution in [0.5, 0.6) is 0 Å². The molecule has 0 fully saturated rings. The number of carboxylic acid groups (broad SMARTS) is 1. The number of rotatable bonds is 5. The van der Waals surface area contributed by atoms with Gasteiger partial charge in [0.1, 0.15) is 5.82 Å². The second-order valence-corrected chi connectivity index (χ2v) is 5.40. The van der Waals surface area contributed by atoms with Gasteiger partial charge in [0.05, 0.1) is 31.0 Å². The average molecular weight is 382 g/mol. The number of esters is 1. The minimum absolute atomic E-state index is 0.250. The van der Waals surface area contributed by atoms with Gasteiger partial charge >= 0.3 is 5.97 Å². The normalized spacial score (nSPS) is 9.61. The van der Waals surface area contributed by atoms with E-state index in [1.807, 2.05) is 30.3 Å². The number of hydrogen-bond donors (Lipinski definition) is 2. The predicted molar refractivity (Wildman–Crippen MR) is 100.0 cm³/mol. The SMILES string of the molecule is COC(=O)c1ccc(NC(=O)c2cnn(Cc3ccccc3)c2)nc1.O=CO. The van der Waals surface area contributed by atoms with Crippen LogP contribution in [0.4, 0.5) is 5.82 Å². The molecule has 0 aliphatic carbocycles. The lowest BCUT2D eigenvalue weighted by molar-refractivity contribution is -0.122. The maximum atomic E-state index is 12.3. The number of nitrogens with one attached hydrogen (secondary N) is 1. The van der Waals surface area contributed by atoms with E-state index in [-0.39, 0.29) is 12.4 Å². The zero-order valence-corrected chi connectivity index (χ0v) is 15.0. The van der Waals surface area contributed by atoms with Crippen molar-refractivity contribution in [3.05, 3.63) is 77.7 Å². The Labute approximate surface area is 160 Å². The van der Waals surface area contributed by atoms with Crippen molar-refractivity contribution in [3.8, 4) is 0 Å². The van der Waals surface area contributed by atoms with Gasteiger partial charge in [-0.05, 0) is 17.7 Å². The minimum Gasteiger partial charge on any atom is -0.483 e. The van der Waals surface area contributed by atoms with Crippen LogP contribution in [0.15, 0.2) is 61.1 Å². The van der Waals surface area contributed by atoms with E-state index in [2.05, 4.69) is 20.1 Å². The first-order chi connectivity index (χ1) is 13.6. The van der Waals surface area contributed by atoms with E-state index >= 15 is 0 Å². The summed E-state index contributed by atoms with van der Waals surface area (Å²) >= 11 is 0. The summed E-state index contributed by atoms with van der Waals surface area (Å²) in [7, 11) is 1.30. The van der Waals surface area contributed by atoms with Crippen molar-refractivity contribution in [3.63, 3.8) is 0 Å². The van der Waals surface area contributed by atoms with E-state index in [9.17, 15) is 9.59 Å². The van der Waals surface area contributed by atoms with E-state index in [1.165, 1.54) is 25.6 Å². The number of ether oxygens (including phenoxy) is 1. The van der Waals surface area contributed by atoms with Crippen LogP contribution in [-0.4, -0.2) is 45.3 Å². The van der Waals surface area contributed by atoms with Crippen LogP contribution in [-0.2, 0) is 16.1 Å². The lowest BCUT2D eigenvalue weighted by Gasteiger charge is -2.04. The molecule has 0 unspecified atom stereocenters. The molecule has 3 rings (SSSR count).